The number of para-hydroxylation sites is 1. The molecule has 0 saturated carbocycles. The van der Waals surface area contributed by atoms with E-state index >= 15 is 0 Å². The molecule has 0 saturated heterocycles. The first-order valence-electron chi connectivity index (χ1n) is 9.00. The van der Waals surface area contributed by atoms with Crippen LogP contribution in [0.1, 0.15) is 22.8 Å². The maximum absolute atomic E-state index is 12.4. The van der Waals surface area contributed by atoms with Gasteiger partial charge in [-0.2, -0.15) is 5.10 Å². The van der Waals surface area contributed by atoms with Crippen molar-refractivity contribution < 1.29 is 9.53 Å². The Balaban J connectivity index is 1.66. The monoisotopic (exact) mass is 373 g/mol. The van der Waals surface area contributed by atoms with E-state index in [-0.39, 0.29) is 0 Å². The van der Waals surface area contributed by atoms with Crippen LogP contribution >= 0.6 is 0 Å². The molecule has 140 valence electrons. The highest BCUT2D eigenvalue weighted by molar-refractivity contribution is 6.04. The van der Waals surface area contributed by atoms with Gasteiger partial charge in [0, 0.05) is 36.7 Å². The van der Waals surface area contributed by atoms with E-state index in [0.717, 1.165) is 22.3 Å². The summed E-state index contributed by atoms with van der Waals surface area (Å²) in [5, 5.41) is 8.46. The maximum atomic E-state index is 12.4. The largest absolute Gasteiger partial charge is 0.462 e. The molecule has 4 rings (SSSR count). The molecule has 3 heterocycles. The number of carbonyl (C=O) groups is 1. The van der Waals surface area contributed by atoms with Crippen LogP contribution in [0.15, 0.2) is 67.3 Å². The molecule has 7 nitrogen and oxygen atoms in total. The standard InChI is InChI=1S/C21H19N5O2/c1-2-28-21(27)17-14-23-18-7-4-3-6-16(18)20(17)24-13-15-8-10-22-19(12-15)26-11-5-9-25-26/h3-12,14H,2,13H2,1H3,(H,23,24). The Hall–Kier alpha value is -3.74. The minimum absolute atomic E-state index is 0.308. The molecule has 0 bridgehead atoms. The van der Waals surface area contributed by atoms with Crippen LogP contribution in [0.25, 0.3) is 16.7 Å². The van der Waals surface area contributed by atoms with Crippen molar-refractivity contribution >= 4 is 22.6 Å². The highest BCUT2D eigenvalue weighted by Crippen LogP contribution is 2.27. The van der Waals surface area contributed by atoms with Crippen molar-refractivity contribution in [3.05, 3.63) is 78.4 Å². The molecule has 0 aliphatic rings. The Labute approximate surface area is 162 Å². The summed E-state index contributed by atoms with van der Waals surface area (Å²) in [7, 11) is 0. The molecule has 0 fully saturated rings. The predicted molar refractivity (Wildman–Crippen MR) is 106 cm³/mol. The van der Waals surface area contributed by atoms with Crippen LogP contribution in [0.5, 0.6) is 0 Å². The highest BCUT2D eigenvalue weighted by Gasteiger charge is 2.16. The molecule has 1 aromatic carbocycles. The van der Waals surface area contributed by atoms with E-state index < -0.39 is 5.97 Å². The molecule has 0 radical (unpaired) electrons. The number of fused-ring (bicyclic) bond motifs is 1. The van der Waals surface area contributed by atoms with Gasteiger partial charge in [-0.1, -0.05) is 18.2 Å². The number of aromatic nitrogens is 4. The third-order valence-corrected chi connectivity index (χ3v) is 4.29. The van der Waals surface area contributed by atoms with Crippen LogP contribution < -0.4 is 5.32 Å². The van der Waals surface area contributed by atoms with Gasteiger partial charge in [-0.05, 0) is 36.8 Å². The van der Waals surface area contributed by atoms with E-state index in [1.807, 2.05) is 48.7 Å². The molecular formula is C21H19N5O2. The van der Waals surface area contributed by atoms with Gasteiger partial charge in [-0.25, -0.2) is 14.5 Å². The van der Waals surface area contributed by atoms with Crippen molar-refractivity contribution in [1.82, 2.24) is 19.7 Å². The van der Waals surface area contributed by atoms with E-state index in [2.05, 4.69) is 20.4 Å². The number of rotatable bonds is 6. The van der Waals surface area contributed by atoms with Crippen LogP contribution in [0.4, 0.5) is 5.69 Å². The lowest BCUT2D eigenvalue weighted by Gasteiger charge is -2.14. The minimum atomic E-state index is -0.393. The molecule has 0 aliphatic carbocycles. The van der Waals surface area contributed by atoms with Crippen LogP contribution in [-0.4, -0.2) is 32.3 Å². The van der Waals surface area contributed by atoms with E-state index in [4.69, 9.17) is 4.74 Å². The second-order valence-electron chi connectivity index (χ2n) is 6.11. The van der Waals surface area contributed by atoms with E-state index in [1.165, 1.54) is 0 Å². The number of nitrogens with one attached hydrogen (secondary N) is 1. The third-order valence-electron chi connectivity index (χ3n) is 4.29. The SMILES string of the molecule is CCOC(=O)c1cnc2ccccc2c1NCc1ccnc(-n2cccn2)c1. The summed E-state index contributed by atoms with van der Waals surface area (Å²) >= 11 is 0. The number of ether oxygens (including phenoxy) is 1. The number of pyridine rings is 2. The topological polar surface area (TPSA) is 81.9 Å². The number of esters is 1. The average molecular weight is 373 g/mol. The second-order valence-corrected chi connectivity index (χ2v) is 6.11. The summed E-state index contributed by atoms with van der Waals surface area (Å²) in [5.41, 5.74) is 2.95. The average Bonchev–Trinajstić information content (AvgIpc) is 3.27. The van der Waals surface area contributed by atoms with Gasteiger partial charge in [-0.3, -0.25) is 4.98 Å². The van der Waals surface area contributed by atoms with Gasteiger partial charge in [0.2, 0.25) is 0 Å². The minimum Gasteiger partial charge on any atom is -0.462 e. The molecule has 7 heteroatoms. The summed E-state index contributed by atoms with van der Waals surface area (Å²) in [6, 6.07) is 13.4. The zero-order chi connectivity index (χ0) is 19.3. The Morgan fingerprint density at radius 3 is 2.86 bits per heavy atom. The lowest BCUT2D eigenvalue weighted by Crippen LogP contribution is -2.11. The van der Waals surface area contributed by atoms with E-state index in [1.54, 1.807) is 30.2 Å². The summed E-state index contributed by atoms with van der Waals surface area (Å²) < 4.78 is 6.90. The lowest BCUT2D eigenvalue weighted by molar-refractivity contribution is 0.0527. The number of anilines is 1. The van der Waals surface area contributed by atoms with Gasteiger partial charge >= 0.3 is 5.97 Å². The fourth-order valence-corrected chi connectivity index (χ4v) is 2.99. The predicted octanol–water partition coefficient (Wildman–Crippen LogP) is 3.60. The first-order valence-corrected chi connectivity index (χ1v) is 9.00. The molecular weight excluding hydrogens is 354 g/mol. The van der Waals surface area contributed by atoms with Crippen molar-refractivity contribution in [2.75, 3.05) is 11.9 Å². The van der Waals surface area contributed by atoms with Crippen molar-refractivity contribution in [3.8, 4) is 5.82 Å². The number of benzene rings is 1. The number of hydrogen-bond acceptors (Lipinski definition) is 6. The van der Waals surface area contributed by atoms with Crippen LogP contribution in [0.2, 0.25) is 0 Å². The van der Waals surface area contributed by atoms with Gasteiger partial charge in [0.1, 0.15) is 5.56 Å². The first kappa shape index (κ1) is 17.7. The highest BCUT2D eigenvalue weighted by atomic mass is 16.5. The molecule has 4 aromatic rings. The third kappa shape index (κ3) is 3.55. The molecule has 0 unspecified atom stereocenters. The molecule has 28 heavy (non-hydrogen) atoms. The number of nitrogens with zero attached hydrogens (tertiary/aromatic N) is 4. The normalized spacial score (nSPS) is 10.8. The zero-order valence-corrected chi connectivity index (χ0v) is 15.4. The van der Waals surface area contributed by atoms with Crippen molar-refractivity contribution in [2.24, 2.45) is 0 Å². The molecule has 0 aliphatic heterocycles. The number of carbonyl (C=O) groups excluding carboxylic acids is 1. The first-order chi connectivity index (χ1) is 13.8. The van der Waals surface area contributed by atoms with Crippen LogP contribution in [-0.2, 0) is 11.3 Å². The van der Waals surface area contributed by atoms with Crippen molar-refractivity contribution in [2.45, 2.75) is 13.5 Å². The fraction of sp³-hybridized carbons (Fsp3) is 0.143. The summed E-state index contributed by atoms with van der Waals surface area (Å²) in [4.78, 5) is 21.1. The van der Waals surface area contributed by atoms with Crippen molar-refractivity contribution in [3.63, 3.8) is 0 Å². The van der Waals surface area contributed by atoms with Crippen molar-refractivity contribution in [1.29, 1.82) is 0 Å². The Bertz CT molecular complexity index is 1110. The van der Waals surface area contributed by atoms with Gasteiger partial charge in [0.15, 0.2) is 5.82 Å². The van der Waals surface area contributed by atoms with E-state index in [0.29, 0.717) is 24.4 Å². The molecule has 0 amide bonds. The van der Waals surface area contributed by atoms with Gasteiger partial charge in [0.05, 0.1) is 17.8 Å². The molecule has 3 aromatic heterocycles. The summed E-state index contributed by atoms with van der Waals surface area (Å²) in [6.45, 7) is 2.60. The summed E-state index contributed by atoms with van der Waals surface area (Å²) in [6.07, 6.45) is 6.85. The molecule has 1 N–H and O–H groups in total. The smallest absolute Gasteiger partial charge is 0.341 e. The zero-order valence-electron chi connectivity index (χ0n) is 15.4. The fourth-order valence-electron chi connectivity index (χ4n) is 2.99. The van der Waals surface area contributed by atoms with Gasteiger partial charge in [-0.15, -0.1) is 0 Å². The Kier molecular flexibility index (Phi) is 4.97. The quantitative estimate of drug-likeness (QED) is 0.520. The Morgan fingerprint density at radius 2 is 2.04 bits per heavy atom. The van der Waals surface area contributed by atoms with Crippen LogP contribution in [0, 0.1) is 0 Å². The second kappa shape index (κ2) is 7.87. The maximum Gasteiger partial charge on any atom is 0.341 e. The number of hydrogen-bond donors (Lipinski definition) is 1. The Morgan fingerprint density at radius 1 is 1.14 bits per heavy atom. The van der Waals surface area contributed by atoms with Crippen LogP contribution in [0.3, 0.4) is 0 Å². The van der Waals surface area contributed by atoms with E-state index in [9.17, 15) is 4.79 Å². The lowest BCUT2D eigenvalue weighted by atomic mass is 10.1. The summed E-state index contributed by atoms with van der Waals surface area (Å²) in [5.74, 6) is 0.338. The molecule has 0 spiro atoms. The molecule has 0 atom stereocenters. The van der Waals surface area contributed by atoms with Gasteiger partial charge < -0.3 is 10.1 Å². The van der Waals surface area contributed by atoms with Gasteiger partial charge in [0.25, 0.3) is 0 Å².